The first-order chi connectivity index (χ1) is 11.7. The van der Waals surface area contributed by atoms with E-state index in [0.29, 0.717) is 10.8 Å². The summed E-state index contributed by atoms with van der Waals surface area (Å²) >= 11 is 6.16. The van der Waals surface area contributed by atoms with Gasteiger partial charge in [0.15, 0.2) is 5.82 Å². The second-order valence-electron chi connectivity index (χ2n) is 5.11. The Morgan fingerprint density at radius 3 is 2.71 bits per heavy atom. The summed E-state index contributed by atoms with van der Waals surface area (Å²) in [6.45, 7) is 2.03. The highest BCUT2D eigenvalue weighted by molar-refractivity contribution is 6.33. The molecule has 0 aliphatic heterocycles. The van der Waals surface area contributed by atoms with E-state index in [1.54, 1.807) is 36.2 Å². The fourth-order valence-corrected chi connectivity index (χ4v) is 2.29. The predicted molar refractivity (Wildman–Crippen MR) is 94.6 cm³/mol. The van der Waals surface area contributed by atoms with E-state index >= 15 is 0 Å². The molecule has 1 aromatic heterocycles. The van der Waals surface area contributed by atoms with Crippen LogP contribution in [0.4, 0.5) is 5.69 Å². The molecule has 0 atom stereocenters. The minimum absolute atomic E-state index is 0.596. The highest BCUT2D eigenvalue weighted by Crippen LogP contribution is 2.26. The van der Waals surface area contributed by atoms with Gasteiger partial charge in [0.1, 0.15) is 5.75 Å². The standard InChI is InChI=1S/C17H16ClN5O/c1-12-3-5-13(6-4-12)23-17(20-21-22-23)9-10-19-16-11-14(24-2)7-8-15(16)18/h3-11,19H,1-2H3/b10-9+. The summed E-state index contributed by atoms with van der Waals surface area (Å²) in [6, 6.07) is 13.3. The van der Waals surface area contributed by atoms with E-state index in [-0.39, 0.29) is 0 Å². The number of aromatic nitrogens is 4. The van der Waals surface area contributed by atoms with Crippen LogP contribution >= 0.6 is 11.6 Å². The van der Waals surface area contributed by atoms with Gasteiger partial charge in [-0.2, -0.15) is 4.68 Å². The van der Waals surface area contributed by atoms with Crippen molar-refractivity contribution in [1.29, 1.82) is 0 Å². The number of anilines is 1. The monoisotopic (exact) mass is 341 g/mol. The Morgan fingerprint density at radius 2 is 1.96 bits per heavy atom. The summed E-state index contributed by atoms with van der Waals surface area (Å²) in [5, 5.41) is 15.5. The number of halogens is 1. The van der Waals surface area contributed by atoms with Gasteiger partial charge in [0.25, 0.3) is 0 Å². The number of nitrogens with zero attached hydrogens (tertiary/aromatic N) is 4. The molecule has 122 valence electrons. The summed E-state index contributed by atoms with van der Waals surface area (Å²) < 4.78 is 6.85. The Morgan fingerprint density at radius 1 is 1.17 bits per heavy atom. The molecule has 0 amide bonds. The van der Waals surface area contributed by atoms with E-state index in [2.05, 4.69) is 20.8 Å². The van der Waals surface area contributed by atoms with Crippen molar-refractivity contribution in [2.24, 2.45) is 0 Å². The number of rotatable bonds is 5. The second kappa shape index (κ2) is 7.14. The summed E-state index contributed by atoms with van der Waals surface area (Å²) in [6.07, 6.45) is 3.51. The number of aryl methyl sites for hydroxylation is 1. The topological polar surface area (TPSA) is 64.9 Å². The van der Waals surface area contributed by atoms with Crippen LogP contribution in [0.2, 0.25) is 5.02 Å². The number of hydrogen-bond acceptors (Lipinski definition) is 5. The lowest BCUT2D eigenvalue weighted by Gasteiger charge is -2.06. The molecule has 1 heterocycles. The van der Waals surface area contributed by atoms with Gasteiger partial charge in [-0.25, -0.2) is 0 Å². The molecular weight excluding hydrogens is 326 g/mol. The average Bonchev–Trinajstić information content (AvgIpc) is 3.06. The third kappa shape index (κ3) is 3.55. The van der Waals surface area contributed by atoms with Crippen LogP contribution in [0.5, 0.6) is 5.75 Å². The van der Waals surface area contributed by atoms with E-state index in [4.69, 9.17) is 16.3 Å². The van der Waals surface area contributed by atoms with Gasteiger partial charge < -0.3 is 10.1 Å². The Labute approximate surface area is 144 Å². The fraction of sp³-hybridized carbons (Fsp3) is 0.118. The van der Waals surface area contributed by atoms with Crippen molar-refractivity contribution >= 4 is 23.4 Å². The highest BCUT2D eigenvalue weighted by atomic mass is 35.5. The molecule has 6 nitrogen and oxygen atoms in total. The molecular formula is C17H16ClN5O. The van der Waals surface area contributed by atoms with Gasteiger partial charge in [0.05, 0.1) is 23.5 Å². The Bertz CT molecular complexity index is 858. The maximum absolute atomic E-state index is 6.16. The number of hydrogen-bond donors (Lipinski definition) is 1. The van der Waals surface area contributed by atoms with Crippen LogP contribution in [0.15, 0.2) is 48.7 Å². The molecule has 24 heavy (non-hydrogen) atoms. The van der Waals surface area contributed by atoms with E-state index in [0.717, 1.165) is 17.1 Å². The molecule has 0 spiro atoms. The average molecular weight is 342 g/mol. The summed E-state index contributed by atoms with van der Waals surface area (Å²) in [7, 11) is 1.61. The third-order valence-corrected chi connectivity index (χ3v) is 3.75. The van der Waals surface area contributed by atoms with E-state index in [1.807, 2.05) is 37.3 Å². The van der Waals surface area contributed by atoms with Crippen molar-refractivity contribution in [3.05, 3.63) is 65.1 Å². The van der Waals surface area contributed by atoms with Gasteiger partial charge in [0.2, 0.25) is 0 Å². The summed E-state index contributed by atoms with van der Waals surface area (Å²) in [5.74, 6) is 1.32. The lowest BCUT2D eigenvalue weighted by atomic mass is 10.2. The van der Waals surface area contributed by atoms with E-state index < -0.39 is 0 Å². The third-order valence-electron chi connectivity index (χ3n) is 3.42. The molecule has 0 fully saturated rings. The largest absolute Gasteiger partial charge is 0.497 e. The zero-order chi connectivity index (χ0) is 16.9. The molecule has 3 aromatic rings. The number of nitrogens with one attached hydrogen (secondary N) is 1. The second-order valence-corrected chi connectivity index (χ2v) is 5.52. The minimum atomic E-state index is 0.596. The maximum Gasteiger partial charge on any atom is 0.181 e. The van der Waals surface area contributed by atoms with Crippen LogP contribution in [-0.2, 0) is 0 Å². The lowest BCUT2D eigenvalue weighted by Crippen LogP contribution is -2.00. The molecule has 7 heteroatoms. The van der Waals surface area contributed by atoms with E-state index in [9.17, 15) is 0 Å². The van der Waals surface area contributed by atoms with Gasteiger partial charge in [-0.3, -0.25) is 0 Å². The molecule has 2 aromatic carbocycles. The van der Waals surface area contributed by atoms with E-state index in [1.165, 1.54) is 5.56 Å². The normalized spacial score (nSPS) is 11.0. The van der Waals surface area contributed by atoms with Gasteiger partial charge in [-0.1, -0.05) is 29.3 Å². The first kappa shape index (κ1) is 16.0. The first-order valence-electron chi connectivity index (χ1n) is 7.29. The SMILES string of the molecule is COc1ccc(Cl)c(N/C=C/c2nnnn2-c2ccc(C)cc2)c1. The number of ether oxygens (including phenoxy) is 1. The minimum Gasteiger partial charge on any atom is -0.497 e. The number of methoxy groups -OCH3 is 1. The first-order valence-corrected chi connectivity index (χ1v) is 7.67. The van der Waals surface area contributed by atoms with Crippen molar-refractivity contribution in [2.75, 3.05) is 12.4 Å². The fourth-order valence-electron chi connectivity index (χ4n) is 2.12. The summed E-state index contributed by atoms with van der Waals surface area (Å²) in [5.41, 5.74) is 2.81. The quantitative estimate of drug-likeness (QED) is 0.766. The zero-order valence-electron chi connectivity index (χ0n) is 13.3. The predicted octanol–water partition coefficient (Wildman–Crippen LogP) is 3.72. The Balaban J connectivity index is 1.79. The molecule has 0 unspecified atom stereocenters. The van der Waals surface area contributed by atoms with Crippen LogP contribution < -0.4 is 10.1 Å². The van der Waals surface area contributed by atoms with Crippen molar-refractivity contribution in [3.8, 4) is 11.4 Å². The molecule has 3 rings (SSSR count). The van der Waals surface area contributed by atoms with Gasteiger partial charge in [-0.05, 0) is 41.6 Å². The van der Waals surface area contributed by atoms with Crippen LogP contribution in [0.1, 0.15) is 11.4 Å². The highest BCUT2D eigenvalue weighted by Gasteiger charge is 2.05. The molecule has 0 saturated carbocycles. The van der Waals surface area contributed by atoms with Crippen LogP contribution in [0, 0.1) is 6.92 Å². The number of tetrazole rings is 1. The molecule has 0 radical (unpaired) electrons. The molecule has 0 bridgehead atoms. The van der Waals surface area contributed by atoms with Crippen molar-refractivity contribution in [1.82, 2.24) is 20.2 Å². The van der Waals surface area contributed by atoms with Crippen molar-refractivity contribution in [3.63, 3.8) is 0 Å². The van der Waals surface area contributed by atoms with Crippen LogP contribution in [-0.4, -0.2) is 27.3 Å². The van der Waals surface area contributed by atoms with Crippen molar-refractivity contribution in [2.45, 2.75) is 6.92 Å². The Hall–Kier alpha value is -2.86. The lowest BCUT2D eigenvalue weighted by molar-refractivity contribution is 0.415. The van der Waals surface area contributed by atoms with Gasteiger partial charge in [-0.15, -0.1) is 5.10 Å². The summed E-state index contributed by atoms with van der Waals surface area (Å²) in [4.78, 5) is 0. The zero-order valence-corrected chi connectivity index (χ0v) is 14.0. The van der Waals surface area contributed by atoms with Gasteiger partial charge >= 0.3 is 0 Å². The van der Waals surface area contributed by atoms with Gasteiger partial charge in [0, 0.05) is 18.3 Å². The molecule has 0 aliphatic carbocycles. The molecule has 1 N–H and O–H groups in total. The maximum atomic E-state index is 6.16. The molecule has 0 aliphatic rings. The molecule has 0 saturated heterocycles. The van der Waals surface area contributed by atoms with Crippen molar-refractivity contribution < 1.29 is 4.74 Å². The van der Waals surface area contributed by atoms with Crippen LogP contribution in [0.25, 0.3) is 11.8 Å². The Kier molecular flexibility index (Phi) is 4.77. The smallest absolute Gasteiger partial charge is 0.181 e. The van der Waals surface area contributed by atoms with Crippen LogP contribution in [0.3, 0.4) is 0 Å². The number of benzene rings is 2.